The molecule has 1 aliphatic heterocycles. The summed E-state index contributed by atoms with van der Waals surface area (Å²) in [5.41, 5.74) is 3.37. The van der Waals surface area contributed by atoms with E-state index in [1.165, 1.54) is 0 Å². The third-order valence-corrected chi connectivity index (χ3v) is 5.20. The third-order valence-electron chi connectivity index (χ3n) is 5.20. The summed E-state index contributed by atoms with van der Waals surface area (Å²) in [6.07, 6.45) is 1.82. The Kier molecular flexibility index (Phi) is 5.21. The van der Waals surface area contributed by atoms with Gasteiger partial charge in [-0.1, -0.05) is 24.3 Å². The third kappa shape index (κ3) is 3.82. The van der Waals surface area contributed by atoms with Crippen molar-refractivity contribution in [1.82, 2.24) is 20.2 Å². The highest BCUT2D eigenvalue weighted by molar-refractivity contribution is 6.06. The molecule has 28 heavy (non-hydrogen) atoms. The molecule has 1 aromatic carbocycles. The number of rotatable bonds is 4. The summed E-state index contributed by atoms with van der Waals surface area (Å²) in [6, 6.07) is 13.6. The summed E-state index contributed by atoms with van der Waals surface area (Å²) in [5.74, 6) is 0.876. The van der Waals surface area contributed by atoms with Crippen LogP contribution in [0.15, 0.2) is 48.7 Å². The van der Waals surface area contributed by atoms with E-state index >= 15 is 0 Å². The van der Waals surface area contributed by atoms with E-state index in [9.17, 15) is 4.79 Å². The molecule has 0 radical (unpaired) electrons. The molecule has 1 saturated heterocycles. The number of carbonyl (C=O) groups is 1. The van der Waals surface area contributed by atoms with Gasteiger partial charge in [0.05, 0.1) is 11.1 Å². The highest BCUT2D eigenvalue weighted by Gasteiger charge is 2.19. The number of hydrogen-bond acceptors (Lipinski definition) is 5. The number of hydrogen-bond donors (Lipinski definition) is 1. The van der Waals surface area contributed by atoms with E-state index in [-0.39, 0.29) is 5.91 Å². The monoisotopic (exact) mass is 375 g/mol. The maximum atomic E-state index is 12.9. The molecule has 1 aliphatic rings. The lowest BCUT2D eigenvalue weighted by atomic mass is 10.1. The number of carbonyl (C=O) groups excluding carboxylic acids is 1. The van der Waals surface area contributed by atoms with Crippen LogP contribution >= 0.6 is 0 Å². The first kappa shape index (κ1) is 18.4. The van der Waals surface area contributed by atoms with E-state index in [2.05, 4.69) is 32.1 Å². The Bertz CT molecular complexity index is 995. The van der Waals surface area contributed by atoms with Gasteiger partial charge >= 0.3 is 0 Å². The van der Waals surface area contributed by atoms with E-state index in [1.54, 1.807) is 0 Å². The molecule has 0 saturated carbocycles. The van der Waals surface area contributed by atoms with Gasteiger partial charge in [-0.05, 0) is 32.2 Å². The number of likely N-dealkylation sites (N-methyl/N-ethyl adjacent to an activating group) is 1. The molecule has 0 unspecified atom stereocenters. The minimum atomic E-state index is -0.0881. The Hall–Kier alpha value is -2.99. The van der Waals surface area contributed by atoms with E-state index in [0.717, 1.165) is 54.2 Å². The van der Waals surface area contributed by atoms with Gasteiger partial charge in [0, 0.05) is 55.6 Å². The number of amides is 1. The second-order valence-corrected chi connectivity index (χ2v) is 7.29. The fourth-order valence-electron chi connectivity index (χ4n) is 3.64. The number of benzene rings is 1. The van der Waals surface area contributed by atoms with Gasteiger partial charge in [-0.3, -0.25) is 9.78 Å². The van der Waals surface area contributed by atoms with Gasteiger partial charge in [-0.2, -0.15) is 0 Å². The van der Waals surface area contributed by atoms with Crippen molar-refractivity contribution in [2.45, 2.75) is 13.5 Å². The van der Waals surface area contributed by atoms with Gasteiger partial charge in [-0.25, -0.2) is 4.98 Å². The number of aromatic nitrogens is 2. The zero-order valence-electron chi connectivity index (χ0n) is 16.4. The lowest BCUT2D eigenvalue weighted by Gasteiger charge is -2.34. The number of nitrogens with one attached hydrogen (secondary N) is 1. The van der Waals surface area contributed by atoms with Crippen molar-refractivity contribution in [2.24, 2.45) is 0 Å². The van der Waals surface area contributed by atoms with Crippen LogP contribution in [-0.2, 0) is 6.54 Å². The summed E-state index contributed by atoms with van der Waals surface area (Å²) in [7, 11) is 2.14. The van der Waals surface area contributed by atoms with Crippen molar-refractivity contribution < 1.29 is 4.79 Å². The predicted octanol–water partition coefficient (Wildman–Crippen LogP) is 2.62. The normalized spacial score (nSPS) is 15.0. The Labute approximate surface area is 165 Å². The van der Waals surface area contributed by atoms with Crippen LogP contribution in [0, 0.1) is 6.92 Å². The van der Waals surface area contributed by atoms with Crippen LogP contribution in [0.2, 0.25) is 0 Å². The summed E-state index contributed by atoms with van der Waals surface area (Å²) < 4.78 is 0. The second-order valence-electron chi connectivity index (χ2n) is 7.29. The Morgan fingerprint density at radius 3 is 2.71 bits per heavy atom. The average molecular weight is 375 g/mol. The Morgan fingerprint density at radius 2 is 1.89 bits per heavy atom. The fraction of sp³-hybridized carbons (Fsp3) is 0.318. The van der Waals surface area contributed by atoms with E-state index < -0.39 is 0 Å². The number of pyridine rings is 2. The van der Waals surface area contributed by atoms with E-state index in [0.29, 0.717) is 12.1 Å². The fourth-order valence-corrected chi connectivity index (χ4v) is 3.64. The number of nitrogens with zero attached hydrogens (tertiary/aromatic N) is 4. The number of anilines is 1. The first-order valence-electron chi connectivity index (χ1n) is 9.64. The zero-order valence-corrected chi connectivity index (χ0v) is 16.4. The Morgan fingerprint density at radius 1 is 1.11 bits per heavy atom. The van der Waals surface area contributed by atoms with E-state index in [1.807, 2.05) is 55.6 Å². The number of aryl methyl sites for hydroxylation is 1. The van der Waals surface area contributed by atoms with Crippen LogP contribution in [0.4, 0.5) is 5.82 Å². The largest absolute Gasteiger partial charge is 0.354 e. The Balaban J connectivity index is 1.54. The molecule has 1 fully saturated rings. The summed E-state index contributed by atoms with van der Waals surface area (Å²) in [5, 5.41) is 3.95. The molecule has 0 aliphatic carbocycles. The summed E-state index contributed by atoms with van der Waals surface area (Å²) in [4.78, 5) is 26.7. The topological polar surface area (TPSA) is 61.4 Å². The smallest absolute Gasteiger partial charge is 0.252 e. The van der Waals surface area contributed by atoms with Crippen LogP contribution in [0.5, 0.6) is 0 Å². The number of para-hydroxylation sites is 1. The standard InChI is InChI=1S/C22H25N5O/c1-16-14-19(18-7-3-4-8-20(18)25-16)22(28)24-15-17-6-5-9-23-21(17)27-12-10-26(2)11-13-27/h3-9,14H,10-13,15H2,1-2H3,(H,24,28). The minimum absolute atomic E-state index is 0.0881. The molecule has 3 heterocycles. The number of fused-ring (bicyclic) bond motifs is 1. The highest BCUT2D eigenvalue weighted by atomic mass is 16.1. The first-order valence-corrected chi connectivity index (χ1v) is 9.64. The van der Waals surface area contributed by atoms with E-state index in [4.69, 9.17) is 0 Å². The van der Waals surface area contributed by atoms with Crippen LogP contribution in [0.3, 0.4) is 0 Å². The molecule has 3 aromatic rings. The van der Waals surface area contributed by atoms with Gasteiger partial charge in [-0.15, -0.1) is 0 Å². The minimum Gasteiger partial charge on any atom is -0.354 e. The van der Waals surface area contributed by atoms with Crippen molar-refractivity contribution in [2.75, 3.05) is 38.1 Å². The van der Waals surface area contributed by atoms with Gasteiger partial charge in [0.15, 0.2) is 0 Å². The lowest BCUT2D eigenvalue weighted by Crippen LogP contribution is -2.45. The maximum absolute atomic E-state index is 12.9. The number of piperazine rings is 1. The van der Waals surface area contributed by atoms with Crippen molar-refractivity contribution in [1.29, 1.82) is 0 Å². The second kappa shape index (κ2) is 7.94. The molecule has 144 valence electrons. The molecular formula is C22H25N5O. The van der Waals surface area contributed by atoms with Gasteiger partial charge in [0.25, 0.3) is 5.91 Å². The van der Waals surface area contributed by atoms with Crippen LogP contribution < -0.4 is 10.2 Å². The van der Waals surface area contributed by atoms with Crippen molar-refractivity contribution in [3.05, 3.63) is 65.5 Å². The molecule has 2 aromatic heterocycles. The molecule has 4 rings (SSSR count). The van der Waals surface area contributed by atoms with Crippen molar-refractivity contribution in [3.63, 3.8) is 0 Å². The summed E-state index contributed by atoms with van der Waals surface area (Å²) >= 11 is 0. The van der Waals surface area contributed by atoms with Gasteiger partial charge < -0.3 is 15.1 Å². The quantitative estimate of drug-likeness (QED) is 0.760. The first-order chi connectivity index (χ1) is 13.6. The molecule has 1 N–H and O–H groups in total. The SMILES string of the molecule is Cc1cc(C(=O)NCc2cccnc2N2CCN(C)CC2)c2ccccc2n1. The molecule has 0 atom stereocenters. The zero-order chi connectivity index (χ0) is 19.5. The highest BCUT2D eigenvalue weighted by Crippen LogP contribution is 2.20. The van der Waals surface area contributed by atoms with Crippen molar-refractivity contribution in [3.8, 4) is 0 Å². The summed E-state index contributed by atoms with van der Waals surface area (Å²) in [6.45, 7) is 6.29. The molecular weight excluding hydrogens is 350 g/mol. The molecule has 6 nitrogen and oxygen atoms in total. The van der Waals surface area contributed by atoms with Crippen LogP contribution in [-0.4, -0.2) is 54.0 Å². The van der Waals surface area contributed by atoms with Crippen LogP contribution in [0.25, 0.3) is 10.9 Å². The maximum Gasteiger partial charge on any atom is 0.252 e. The predicted molar refractivity (Wildman–Crippen MR) is 112 cm³/mol. The van der Waals surface area contributed by atoms with Gasteiger partial charge in [0.1, 0.15) is 5.82 Å². The molecule has 0 bridgehead atoms. The van der Waals surface area contributed by atoms with Gasteiger partial charge in [0.2, 0.25) is 0 Å². The molecule has 1 amide bonds. The molecule has 0 spiro atoms. The van der Waals surface area contributed by atoms with Crippen LogP contribution in [0.1, 0.15) is 21.6 Å². The molecule has 6 heteroatoms. The lowest BCUT2D eigenvalue weighted by molar-refractivity contribution is 0.0952. The average Bonchev–Trinajstić information content (AvgIpc) is 2.72. The van der Waals surface area contributed by atoms with Crippen molar-refractivity contribution >= 4 is 22.6 Å².